The molecule has 0 fully saturated rings. The Kier molecular flexibility index (Phi) is 17.4. The molecule has 0 bridgehead atoms. The summed E-state index contributed by atoms with van der Waals surface area (Å²) >= 11 is 1.36. The molecule has 0 heterocycles. The Balaban J connectivity index is 0.000000443. The summed E-state index contributed by atoms with van der Waals surface area (Å²) in [5.41, 5.74) is 12.4. The van der Waals surface area contributed by atoms with E-state index in [-0.39, 0.29) is 45.1 Å². The van der Waals surface area contributed by atoms with Gasteiger partial charge in [-0.15, -0.1) is 87.3 Å². The van der Waals surface area contributed by atoms with Crippen LogP contribution in [0.15, 0.2) is 115 Å². The zero-order chi connectivity index (χ0) is 33.2. The molecule has 0 amide bonds. The summed E-state index contributed by atoms with van der Waals surface area (Å²) in [6, 6.07) is 42.6. The van der Waals surface area contributed by atoms with Crippen LogP contribution in [0.4, 0.5) is 0 Å². The first kappa shape index (κ1) is 45.3. The summed E-state index contributed by atoms with van der Waals surface area (Å²) in [5, 5.41) is 8.11. The zero-order valence-electron chi connectivity index (χ0n) is 31.4. The Hall–Kier alpha value is -2.74. The van der Waals surface area contributed by atoms with Crippen molar-refractivity contribution in [1.29, 1.82) is 0 Å². The molecule has 4 heteroatoms. The molecule has 0 atom stereocenters. The normalized spacial score (nSPS) is 10.5. The molecule has 0 aliphatic heterocycles. The van der Waals surface area contributed by atoms with Crippen LogP contribution in [0, 0.1) is 35.6 Å². The third-order valence-corrected chi connectivity index (χ3v) is 9.12. The van der Waals surface area contributed by atoms with Crippen molar-refractivity contribution < 1.29 is 23.3 Å². The van der Waals surface area contributed by atoms with Gasteiger partial charge in [0, 0.05) is 0 Å². The molecule has 0 nitrogen and oxygen atoms in total. The van der Waals surface area contributed by atoms with Crippen molar-refractivity contribution in [2.45, 2.75) is 66.7 Å². The average Bonchev–Trinajstić information content (AvgIpc) is 3.66. The summed E-state index contributed by atoms with van der Waals surface area (Å²) in [5.74, 6) is 0.573. The maximum absolute atomic E-state index is 3.06. The molecule has 262 valence electrons. The van der Waals surface area contributed by atoms with E-state index in [2.05, 4.69) is 178 Å². The first-order valence-corrected chi connectivity index (χ1v) is 20.4. The number of hydrogen-bond acceptors (Lipinski definition) is 0. The predicted molar refractivity (Wildman–Crippen MR) is 228 cm³/mol. The second-order valence-electron chi connectivity index (χ2n) is 13.9. The number of benzene rings is 5. The molecule has 7 rings (SSSR count). The van der Waals surface area contributed by atoms with Crippen molar-refractivity contribution in [3.05, 3.63) is 158 Å². The van der Waals surface area contributed by atoms with Crippen molar-refractivity contribution in [3.8, 4) is 22.3 Å². The Morgan fingerprint density at radius 1 is 0.620 bits per heavy atom. The summed E-state index contributed by atoms with van der Waals surface area (Å²) in [6.07, 6.45) is 0. The van der Waals surface area contributed by atoms with Crippen molar-refractivity contribution in [2.75, 3.05) is 0 Å². The molecular weight excluding hydrogens is 743 g/mol. The van der Waals surface area contributed by atoms with Crippen molar-refractivity contribution in [3.63, 3.8) is 0 Å². The second kappa shape index (κ2) is 19.2. The van der Waals surface area contributed by atoms with Gasteiger partial charge in [0.2, 0.25) is 0 Å². The fourth-order valence-corrected chi connectivity index (χ4v) is 6.67. The quantitative estimate of drug-likeness (QED) is 0.123. The number of halogens is 2. The van der Waals surface area contributed by atoms with Gasteiger partial charge in [-0.2, -0.15) is 12.1 Å². The fraction of sp³-hybridized carbons (Fsp3) is 0.217. The Morgan fingerprint density at radius 3 is 1.86 bits per heavy atom. The van der Waals surface area contributed by atoms with E-state index in [4.69, 9.17) is 0 Å². The molecule has 0 N–H and O–H groups in total. The van der Waals surface area contributed by atoms with Gasteiger partial charge < -0.3 is 14.9 Å². The van der Waals surface area contributed by atoms with E-state index in [0.29, 0.717) is 5.92 Å². The van der Waals surface area contributed by atoms with E-state index in [1.54, 1.807) is 0 Å². The summed E-state index contributed by atoms with van der Waals surface area (Å²) in [6.45, 7) is 21.0. The van der Waals surface area contributed by atoms with Crippen LogP contribution in [0.1, 0.15) is 68.4 Å². The molecule has 7 aromatic rings. The first-order chi connectivity index (χ1) is 22.0. The maximum atomic E-state index is 3.06. The van der Waals surface area contributed by atoms with Crippen LogP contribution in [0.5, 0.6) is 0 Å². The van der Waals surface area contributed by atoms with E-state index >= 15 is 0 Å². The molecule has 50 heavy (non-hydrogen) atoms. The van der Waals surface area contributed by atoms with Crippen molar-refractivity contribution >= 4 is 64.0 Å². The molecular formula is C46H52Cl2SiZr-4. The molecule has 0 aliphatic carbocycles. The minimum atomic E-state index is 0. The van der Waals surface area contributed by atoms with Gasteiger partial charge in [-0.3, -0.25) is 0 Å². The van der Waals surface area contributed by atoms with E-state index < -0.39 is 0 Å². The summed E-state index contributed by atoms with van der Waals surface area (Å²) in [4.78, 5) is 0. The van der Waals surface area contributed by atoms with Gasteiger partial charge in [-0.25, -0.2) is 0 Å². The van der Waals surface area contributed by atoms with Gasteiger partial charge in [-0.1, -0.05) is 144 Å². The van der Waals surface area contributed by atoms with Crippen LogP contribution in [-0.4, -0.2) is 6.88 Å². The molecule has 0 aliphatic rings. The van der Waals surface area contributed by atoms with Crippen LogP contribution in [0.25, 0.3) is 54.6 Å². The standard InChI is InChI=1S/C22H19.C22H25.2CH3.2ClH.Si.Zr/c1-14-11-20-15(2)13-16(3)22(21(20)12-14)19-10-6-8-17-7-4-5-9-18(17)19;1-15(2)18-13-17-7-6-8-20(21(17)14-18)16-9-11-19(12-10-16)22(3,4)5;;;;;;/h4-13H,1-3H3;6-15H,1-5H3;2*1H3;2*1H;;/q4*-1;;;;. The average molecular weight is 795 g/mol. The number of fused-ring (bicyclic) bond motifs is 3. The second-order valence-corrected chi connectivity index (χ2v) is 13.9. The van der Waals surface area contributed by atoms with E-state index in [0.717, 1.165) is 0 Å². The van der Waals surface area contributed by atoms with Gasteiger partial charge in [0.25, 0.3) is 0 Å². The number of rotatable bonds is 3. The fourth-order valence-electron chi connectivity index (χ4n) is 6.67. The summed E-state index contributed by atoms with van der Waals surface area (Å²) < 4.78 is 0. The summed E-state index contributed by atoms with van der Waals surface area (Å²) in [7, 11) is 0. The number of aryl methyl sites for hydroxylation is 3. The van der Waals surface area contributed by atoms with Crippen LogP contribution >= 0.6 is 24.8 Å². The van der Waals surface area contributed by atoms with E-state index in [9.17, 15) is 0 Å². The molecule has 2 radical (unpaired) electrons. The van der Waals surface area contributed by atoms with E-state index in [1.165, 1.54) is 106 Å². The molecule has 0 unspecified atom stereocenters. The molecule has 0 saturated carbocycles. The third-order valence-electron chi connectivity index (χ3n) is 9.12. The van der Waals surface area contributed by atoms with E-state index in [1.807, 2.05) is 0 Å². The zero-order valence-corrected chi connectivity index (χ0v) is 36.5. The third kappa shape index (κ3) is 9.57. The number of hydrogen-bond donors (Lipinski definition) is 0. The molecule has 0 aromatic heterocycles. The molecule has 7 aromatic carbocycles. The van der Waals surface area contributed by atoms with Crippen LogP contribution in [0.3, 0.4) is 0 Å². The van der Waals surface area contributed by atoms with Crippen LogP contribution in [0.2, 0.25) is 0 Å². The Bertz CT molecular complexity index is 2120. The van der Waals surface area contributed by atoms with Crippen molar-refractivity contribution in [2.24, 2.45) is 0 Å². The van der Waals surface area contributed by atoms with Gasteiger partial charge in [0.05, 0.1) is 0 Å². The first-order valence-electron chi connectivity index (χ1n) is 16.2. The van der Waals surface area contributed by atoms with Gasteiger partial charge in [0.15, 0.2) is 0 Å². The SMILES string of the molecule is CC(C)c1cc2c(-c3ccc(C(C)(C)C)cc3)cccc2[cH-]1.Cc1cc2c(-c3cccc4ccccc34)c(C)cc(C)c2[cH-]1.Cl.Cl.[CH3-].[CH3-].[Si]=[Zr]. The molecule has 0 saturated heterocycles. The topological polar surface area (TPSA) is 0 Å². The van der Waals surface area contributed by atoms with Crippen LogP contribution < -0.4 is 0 Å². The van der Waals surface area contributed by atoms with Crippen LogP contribution in [-0.2, 0) is 28.8 Å². The van der Waals surface area contributed by atoms with Gasteiger partial charge in [-0.05, 0) is 45.7 Å². The Labute approximate surface area is 331 Å². The molecule has 0 spiro atoms. The van der Waals surface area contributed by atoms with Gasteiger partial charge in [0.1, 0.15) is 0 Å². The Morgan fingerprint density at radius 2 is 1.22 bits per heavy atom. The predicted octanol–water partition coefficient (Wildman–Crippen LogP) is 14.3. The van der Waals surface area contributed by atoms with Gasteiger partial charge >= 0.3 is 30.2 Å². The van der Waals surface area contributed by atoms with Crippen molar-refractivity contribution in [1.82, 2.24) is 0 Å². The monoisotopic (exact) mass is 792 g/mol. The minimum absolute atomic E-state index is 0.